The van der Waals surface area contributed by atoms with E-state index in [4.69, 9.17) is 31.6 Å². The molecule has 0 radical (unpaired) electrons. The molecule has 0 spiro atoms. The number of carbonyl (C=O) groups excluding carboxylic acids is 1. The maximum Gasteiger partial charge on any atom is 0.326 e. The van der Waals surface area contributed by atoms with Crippen LogP contribution in [0.2, 0.25) is 0 Å². The molecule has 0 heterocycles. The highest BCUT2D eigenvalue weighted by Crippen LogP contribution is 2.13. The number of carboxylic acids is 3. The molecule has 0 fully saturated rings. The number of alkyl halides is 1. The van der Waals surface area contributed by atoms with Crippen molar-refractivity contribution in [1.29, 1.82) is 0 Å². The number of nitrogens with two attached hydrogens (primary N) is 3. The summed E-state index contributed by atoms with van der Waals surface area (Å²) in [5.41, 5.74) is 11.9. The lowest BCUT2D eigenvalue weighted by Gasteiger charge is -2.15. The van der Waals surface area contributed by atoms with Crippen LogP contribution >= 0.6 is 0 Å². The quantitative estimate of drug-likeness (QED) is 0.120. The molecule has 202 valence electrons. The number of aliphatic carboxylic acids is 3. The first-order valence-electron chi connectivity index (χ1n) is 10.9. The summed E-state index contributed by atoms with van der Waals surface area (Å²) in [7, 11) is 0. The maximum atomic E-state index is 12.0. The van der Waals surface area contributed by atoms with Crippen LogP contribution in [0.25, 0.3) is 0 Å². The molecule has 10 N–H and O–H groups in total. The van der Waals surface area contributed by atoms with Crippen molar-refractivity contribution >= 4 is 23.9 Å². The Morgan fingerprint density at radius 3 is 2.14 bits per heavy atom. The first-order valence-corrected chi connectivity index (χ1v) is 10.9. The summed E-state index contributed by atoms with van der Waals surface area (Å²) in [6.07, 6.45) is 2.52. The van der Waals surface area contributed by atoms with E-state index in [0.717, 1.165) is 5.56 Å². The average Bonchev–Trinajstić information content (AvgIpc) is 2.79. The van der Waals surface area contributed by atoms with Gasteiger partial charge in [-0.2, -0.15) is 0 Å². The maximum absolute atomic E-state index is 12.0. The van der Waals surface area contributed by atoms with Gasteiger partial charge in [-0.25, -0.2) is 15.4 Å². The summed E-state index contributed by atoms with van der Waals surface area (Å²) in [4.78, 5) is 41.2. The molecular formula is C22H34FN5O8. The molecule has 0 saturated heterocycles. The topological polar surface area (TPSA) is 232 Å². The molecule has 0 aliphatic rings. The van der Waals surface area contributed by atoms with Gasteiger partial charge in [0.15, 0.2) is 0 Å². The lowest BCUT2D eigenvalue weighted by molar-refractivity contribution is -0.140. The van der Waals surface area contributed by atoms with Crippen molar-refractivity contribution in [3.05, 3.63) is 41.7 Å². The van der Waals surface area contributed by atoms with Gasteiger partial charge in [-0.3, -0.25) is 14.0 Å². The molecule has 1 rings (SSSR count). The van der Waals surface area contributed by atoms with Gasteiger partial charge in [0, 0.05) is 24.7 Å². The van der Waals surface area contributed by atoms with E-state index in [1.54, 1.807) is 18.3 Å². The number of benzene rings is 1. The molecule has 1 aromatic rings. The predicted molar refractivity (Wildman–Crippen MR) is 127 cm³/mol. The highest BCUT2D eigenvalue weighted by Gasteiger charge is 2.19. The summed E-state index contributed by atoms with van der Waals surface area (Å²) in [5, 5.41) is 28.7. The van der Waals surface area contributed by atoms with E-state index < -0.39 is 36.7 Å². The van der Waals surface area contributed by atoms with Crippen molar-refractivity contribution in [3.63, 3.8) is 0 Å². The van der Waals surface area contributed by atoms with Gasteiger partial charge in [0.25, 0.3) is 0 Å². The van der Waals surface area contributed by atoms with Gasteiger partial charge < -0.3 is 41.8 Å². The first-order chi connectivity index (χ1) is 16.9. The van der Waals surface area contributed by atoms with E-state index >= 15 is 0 Å². The number of urea groups is 1. The Labute approximate surface area is 207 Å². The number of amides is 2. The standard InChI is InChI=1S/C16H24FN3O3.C6H10N2O5/c17-9-1-2-14(18)12-20(19)10-11-23-15-6-3-13(4-7-15)5-8-16(21)22;7-6(13)8-3(5(11)12)1-2-4(9)10/h3-4,6-7,12H,1-2,5,8-11,18-19H2,(H,21,22);3H,1-2H2,(H,9,10)(H,11,12)(H3,7,8,13)/b14-12-;. The number of carboxylic acid groups (broad SMARTS) is 3. The Hall–Kier alpha value is -4.07. The number of aryl methyl sites for hydroxylation is 1. The molecule has 0 bridgehead atoms. The van der Waals surface area contributed by atoms with Gasteiger partial charge in [-0.15, -0.1) is 0 Å². The van der Waals surface area contributed by atoms with E-state index in [2.05, 4.69) is 5.73 Å². The third kappa shape index (κ3) is 17.4. The first kappa shape index (κ1) is 31.9. The Bertz CT molecular complexity index is 866. The number of rotatable bonds is 16. The molecule has 2 amide bonds. The number of hydrogen-bond acceptors (Lipinski definition) is 8. The summed E-state index contributed by atoms with van der Waals surface area (Å²) in [5.74, 6) is 3.19. The van der Waals surface area contributed by atoms with Gasteiger partial charge >= 0.3 is 23.9 Å². The molecule has 14 heteroatoms. The van der Waals surface area contributed by atoms with Crippen LogP contribution in [-0.2, 0) is 20.8 Å². The third-order valence-corrected chi connectivity index (χ3v) is 4.36. The van der Waals surface area contributed by atoms with Gasteiger partial charge in [0.2, 0.25) is 0 Å². The second-order valence-corrected chi connectivity index (χ2v) is 7.45. The van der Waals surface area contributed by atoms with Crippen molar-refractivity contribution in [2.45, 2.75) is 44.6 Å². The minimum absolute atomic E-state index is 0.110. The summed E-state index contributed by atoms with van der Waals surface area (Å²) in [6, 6.07) is 5.04. The fourth-order valence-electron chi connectivity index (χ4n) is 2.58. The zero-order valence-electron chi connectivity index (χ0n) is 19.8. The molecule has 1 aromatic carbocycles. The molecule has 1 unspecified atom stereocenters. The van der Waals surface area contributed by atoms with Crippen molar-refractivity contribution in [1.82, 2.24) is 10.3 Å². The number of hydrazine groups is 1. The molecule has 0 aromatic heterocycles. The number of nitrogens with one attached hydrogen (secondary N) is 1. The molecule has 0 aliphatic heterocycles. The number of hydrogen-bond donors (Lipinski definition) is 7. The van der Waals surface area contributed by atoms with Crippen molar-refractivity contribution < 1.29 is 43.6 Å². The zero-order valence-corrected chi connectivity index (χ0v) is 19.8. The van der Waals surface area contributed by atoms with Gasteiger partial charge in [-0.05, 0) is 43.4 Å². The number of allylic oxidation sites excluding steroid dienone is 1. The summed E-state index contributed by atoms with van der Waals surface area (Å²) in [6.45, 7) is 0.416. The van der Waals surface area contributed by atoms with Crippen LogP contribution in [0.1, 0.15) is 37.7 Å². The predicted octanol–water partition coefficient (Wildman–Crippen LogP) is 0.781. The Balaban J connectivity index is 0.000000802. The molecule has 0 aliphatic carbocycles. The van der Waals surface area contributed by atoms with Crippen LogP contribution in [0.3, 0.4) is 0 Å². The van der Waals surface area contributed by atoms with Gasteiger partial charge in [-0.1, -0.05) is 12.1 Å². The number of ether oxygens (including phenoxy) is 1. The summed E-state index contributed by atoms with van der Waals surface area (Å²) < 4.78 is 17.6. The van der Waals surface area contributed by atoms with Crippen LogP contribution in [-0.4, -0.2) is 70.1 Å². The SMILES string of the molecule is N/C(=C\N(N)CCOc1ccc(CCC(=O)O)cc1)CCCF.NC(=O)NC(CCC(=O)O)C(=O)O. The molecule has 0 saturated carbocycles. The minimum atomic E-state index is -1.31. The van der Waals surface area contributed by atoms with Gasteiger partial charge in [0.1, 0.15) is 18.4 Å². The van der Waals surface area contributed by atoms with E-state index in [9.17, 15) is 23.6 Å². The fourth-order valence-corrected chi connectivity index (χ4v) is 2.58. The van der Waals surface area contributed by atoms with Crippen LogP contribution in [0.4, 0.5) is 9.18 Å². The van der Waals surface area contributed by atoms with Crippen molar-refractivity contribution in [2.75, 3.05) is 19.8 Å². The zero-order chi connectivity index (χ0) is 27.5. The lowest BCUT2D eigenvalue weighted by Crippen LogP contribution is -2.43. The third-order valence-electron chi connectivity index (χ3n) is 4.36. The monoisotopic (exact) mass is 515 g/mol. The van der Waals surface area contributed by atoms with E-state index in [1.165, 1.54) is 5.01 Å². The minimum Gasteiger partial charge on any atom is -0.492 e. The number of halogens is 1. The second kappa shape index (κ2) is 18.3. The second-order valence-electron chi connectivity index (χ2n) is 7.45. The van der Waals surface area contributed by atoms with Crippen molar-refractivity contribution in [2.24, 2.45) is 17.3 Å². The normalized spacial score (nSPS) is 11.4. The number of nitrogens with zero attached hydrogens (tertiary/aromatic N) is 1. The lowest BCUT2D eigenvalue weighted by atomic mass is 10.1. The number of primary amides is 1. The van der Waals surface area contributed by atoms with Gasteiger partial charge in [0.05, 0.1) is 13.2 Å². The highest BCUT2D eigenvalue weighted by atomic mass is 19.1. The van der Waals surface area contributed by atoms with Crippen LogP contribution < -0.4 is 27.4 Å². The highest BCUT2D eigenvalue weighted by molar-refractivity contribution is 5.82. The molecule has 13 nitrogen and oxygen atoms in total. The average molecular weight is 516 g/mol. The largest absolute Gasteiger partial charge is 0.492 e. The Morgan fingerprint density at radius 2 is 1.64 bits per heavy atom. The van der Waals surface area contributed by atoms with E-state index in [-0.39, 0.29) is 19.3 Å². The molecule has 1 atom stereocenters. The van der Waals surface area contributed by atoms with Crippen LogP contribution in [0.15, 0.2) is 36.2 Å². The van der Waals surface area contributed by atoms with Crippen LogP contribution in [0, 0.1) is 0 Å². The molecule has 36 heavy (non-hydrogen) atoms. The van der Waals surface area contributed by atoms with E-state index in [0.29, 0.717) is 43.9 Å². The van der Waals surface area contributed by atoms with Crippen LogP contribution in [0.5, 0.6) is 5.75 Å². The van der Waals surface area contributed by atoms with E-state index in [1.807, 2.05) is 17.4 Å². The number of carbonyl (C=O) groups is 4. The molecular weight excluding hydrogens is 481 g/mol. The Morgan fingerprint density at radius 1 is 1.03 bits per heavy atom. The fraction of sp³-hybridized carbons (Fsp3) is 0.455. The smallest absolute Gasteiger partial charge is 0.326 e. The summed E-state index contributed by atoms with van der Waals surface area (Å²) >= 11 is 0. The van der Waals surface area contributed by atoms with Crippen molar-refractivity contribution in [3.8, 4) is 5.75 Å². The Kier molecular flexibility index (Phi) is 16.2.